The van der Waals surface area contributed by atoms with E-state index in [-0.39, 0.29) is 5.41 Å². The number of hydrogen-bond acceptors (Lipinski definition) is 2. The van der Waals surface area contributed by atoms with Crippen LogP contribution < -0.4 is 5.32 Å². The number of carbonyl (C=O) groups is 1. The summed E-state index contributed by atoms with van der Waals surface area (Å²) >= 11 is 0. The van der Waals surface area contributed by atoms with Crippen LogP contribution in [0, 0.1) is 5.41 Å². The van der Waals surface area contributed by atoms with Gasteiger partial charge in [0.25, 0.3) is 0 Å². The Kier molecular flexibility index (Phi) is 3.79. The topological polar surface area (TPSA) is 32.3 Å². The van der Waals surface area contributed by atoms with Gasteiger partial charge in [-0.15, -0.1) is 0 Å². The second-order valence-electron chi connectivity index (χ2n) is 6.36. The van der Waals surface area contributed by atoms with Crippen LogP contribution in [-0.2, 0) is 11.2 Å². The summed E-state index contributed by atoms with van der Waals surface area (Å²) in [7, 11) is 1.99. The summed E-state index contributed by atoms with van der Waals surface area (Å²) in [5.41, 5.74) is 1.16. The Labute approximate surface area is 121 Å². The minimum Gasteiger partial charge on any atom is -0.341 e. The fraction of sp³-hybridized carbons (Fsp3) is 0.588. The van der Waals surface area contributed by atoms with Gasteiger partial charge in [0.1, 0.15) is 0 Å². The molecule has 108 valence electrons. The summed E-state index contributed by atoms with van der Waals surface area (Å²) in [6, 6.07) is 10.8. The van der Waals surface area contributed by atoms with Gasteiger partial charge in [0.2, 0.25) is 5.91 Å². The number of rotatable bonds is 4. The maximum absolute atomic E-state index is 12.9. The second kappa shape index (κ2) is 5.57. The Hall–Kier alpha value is -1.35. The van der Waals surface area contributed by atoms with Crippen LogP contribution in [-0.4, -0.2) is 37.0 Å². The lowest BCUT2D eigenvalue weighted by Crippen LogP contribution is -2.51. The van der Waals surface area contributed by atoms with Crippen LogP contribution in [0.25, 0.3) is 0 Å². The van der Waals surface area contributed by atoms with Crippen LogP contribution in [0.2, 0.25) is 0 Å². The van der Waals surface area contributed by atoms with Crippen LogP contribution in [0.4, 0.5) is 0 Å². The zero-order valence-corrected chi connectivity index (χ0v) is 12.3. The molecule has 3 rings (SSSR count). The number of benzene rings is 1. The van der Waals surface area contributed by atoms with E-state index in [4.69, 9.17) is 0 Å². The van der Waals surface area contributed by atoms with Crippen LogP contribution in [0.5, 0.6) is 0 Å². The van der Waals surface area contributed by atoms with E-state index >= 15 is 0 Å². The predicted molar refractivity (Wildman–Crippen MR) is 80.5 cm³/mol. The van der Waals surface area contributed by atoms with Crippen molar-refractivity contribution in [2.24, 2.45) is 5.41 Å². The highest BCUT2D eigenvalue weighted by Gasteiger charge is 2.46. The molecule has 1 atom stereocenters. The van der Waals surface area contributed by atoms with Gasteiger partial charge in [-0.05, 0) is 37.8 Å². The molecule has 3 nitrogen and oxygen atoms in total. The van der Waals surface area contributed by atoms with Crippen LogP contribution in [0.3, 0.4) is 0 Å². The smallest absolute Gasteiger partial charge is 0.229 e. The fourth-order valence-corrected chi connectivity index (χ4v) is 3.57. The van der Waals surface area contributed by atoms with Gasteiger partial charge in [-0.25, -0.2) is 0 Å². The molecule has 1 aliphatic carbocycles. The first-order chi connectivity index (χ1) is 9.71. The third-order valence-corrected chi connectivity index (χ3v) is 5.05. The average Bonchev–Trinajstić information content (AvgIpc) is 2.96. The number of amides is 1. The van der Waals surface area contributed by atoms with Crippen LogP contribution in [0.15, 0.2) is 30.3 Å². The molecule has 0 spiro atoms. The molecule has 1 heterocycles. The molecule has 2 aliphatic rings. The molecule has 0 radical (unpaired) electrons. The molecule has 3 heteroatoms. The van der Waals surface area contributed by atoms with Crippen molar-refractivity contribution in [3.63, 3.8) is 0 Å². The van der Waals surface area contributed by atoms with Crippen LogP contribution in [0.1, 0.15) is 31.2 Å². The molecule has 1 saturated carbocycles. The van der Waals surface area contributed by atoms with Crippen molar-refractivity contribution in [1.29, 1.82) is 0 Å². The van der Waals surface area contributed by atoms with Crippen LogP contribution >= 0.6 is 0 Å². The van der Waals surface area contributed by atoms with E-state index in [0.717, 1.165) is 38.8 Å². The van der Waals surface area contributed by atoms with Gasteiger partial charge in [-0.2, -0.15) is 0 Å². The van der Waals surface area contributed by atoms with Crippen molar-refractivity contribution < 1.29 is 4.79 Å². The zero-order chi connectivity index (χ0) is 14.0. The van der Waals surface area contributed by atoms with Crippen molar-refractivity contribution in [2.45, 2.75) is 38.1 Å². The second-order valence-corrected chi connectivity index (χ2v) is 6.36. The predicted octanol–water partition coefficient (Wildman–Crippen LogP) is 2.22. The molecule has 2 fully saturated rings. The lowest BCUT2D eigenvalue weighted by Gasteiger charge is -2.44. The molecule has 0 aromatic heterocycles. The highest BCUT2D eigenvalue weighted by molar-refractivity contribution is 5.84. The summed E-state index contributed by atoms with van der Waals surface area (Å²) in [6.45, 7) is 1.98. The Bertz CT molecular complexity index is 461. The number of nitrogens with zero attached hydrogens (tertiary/aromatic N) is 1. The quantitative estimate of drug-likeness (QED) is 0.911. The molecule has 1 unspecified atom stereocenters. The van der Waals surface area contributed by atoms with E-state index in [2.05, 4.69) is 29.6 Å². The molecule has 0 bridgehead atoms. The third kappa shape index (κ3) is 2.47. The molecular formula is C17H24N2O. The van der Waals surface area contributed by atoms with Gasteiger partial charge in [-0.1, -0.05) is 36.8 Å². The standard InChI is InChI=1S/C17H24N2O/c1-19(15-8-11-18-13-15)16(20)17(9-5-10-17)12-14-6-3-2-4-7-14/h2-4,6-7,15,18H,5,8-13H2,1H3. The Morgan fingerprint density at radius 1 is 1.35 bits per heavy atom. The van der Waals surface area contributed by atoms with E-state index in [1.54, 1.807) is 0 Å². The summed E-state index contributed by atoms with van der Waals surface area (Å²) in [5, 5.41) is 3.35. The summed E-state index contributed by atoms with van der Waals surface area (Å²) in [5.74, 6) is 0.362. The minimum atomic E-state index is -0.126. The van der Waals surface area contributed by atoms with Gasteiger partial charge in [-0.3, -0.25) is 4.79 Å². The maximum atomic E-state index is 12.9. The normalized spacial score (nSPS) is 24.1. The number of likely N-dealkylation sites (N-methyl/N-ethyl adjacent to an activating group) is 1. The highest BCUT2D eigenvalue weighted by atomic mass is 16.2. The van der Waals surface area contributed by atoms with Gasteiger partial charge >= 0.3 is 0 Å². The van der Waals surface area contributed by atoms with E-state index in [9.17, 15) is 4.79 Å². The number of nitrogens with one attached hydrogen (secondary N) is 1. The van der Waals surface area contributed by atoms with Gasteiger partial charge in [0.05, 0.1) is 5.41 Å². The zero-order valence-electron chi connectivity index (χ0n) is 12.3. The van der Waals surface area contributed by atoms with Crippen molar-refractivity contribution in [2.75, 3.05) is 20.1 Å². The SMILES string of the molecule is CN(C(=O)C1(Cc2ccccc2)CCC1)C1CCNC1. The molecule has 1 saturated heterocycles. The van der Waals surface area contributed by atoms with Crippen molar-refractivity contribution in [3.8, 4) is 0 Å². The van der Waals surface area contributed by atoms with E-state index < -0.39 is 0 Å². The Morgan fingerprint density at radius 2 is 2.10 bits per heavy atom. The van der Waals surface area contributed by atoms with E-state index in [0.29, 0.717) is 11.9 Å². The summed E-state index contributed by atoms with van der Waals surface area (Å²) < 4.78 is 0. The van der Waals surface area contributed by atoms with E-state index in [1.165, 1.54) is 12.0 Å². The summed E-state index contributed by atoms with van der Waals surface area (Å²) in [6.07, 6.45) is 5.27. The molecule has 20 heavy (non-hydrogen) atoms. The first-order valence-electron chi connectivity index (χ1n) is 7.73. The van der Waals surface area contributed by atoms with Gasteiger partial charge in [0.15, 0.2) is 0 Å². The van der Waals surface area contributed by atoms with Crippen molar-refractivity contribution >= 4 is 5.91 Å². The fourth-order valence-electron chi connectivity index (χ4n) is 3.57. The Balaban J connectivity index is 1.73. The molecule has 1 aromatic rings. The molecular weight excluding hydrogens is 248 g/mol. The largest absolute Gasteiger partial charge is 0.341 e. The van der Waals surface area contributed by atoms with E-state index in [1.807, 2.05) is 18.0 Å². The first-order valence-corrected chi connectivity index (χ1v) is 7.73. The minimum absolute atomic E-state index is 0.126. The summed E-state index contributed by atoms with van der Waals surface area (Å²) in [4.78, 5) is 15.0. The first kappa shape index (κ1) is 13.6. The van der Waals surface area contributed by atoms with Gasteiger partial charge in [0, 0.05) is 19.6 Å². The maximum Gasteiger partial charge on any atom is 0.229 e. The van der Waals surface area contributed by atoms with Gasteiger partial charge < -0.3 is 10.2 Å². The molecule has 1 amide bonds. The number of hydrogen-bond donors (Lipinski definition) is 1. The lowest BCUT2D eigenvalue weighted by atomic mass is 9.64. The highest BCUT2D eigenvalue weighted by Crippen LogP contribution is 2.45. The van der Waals surface area contributed by atoms with Crippen molar-refractivity contribution in [3.05, 3.63) is 35.9 Å². The molecule has 1 aliphatic heterocycles. The Morgan fingerprint density at radius 3 is 2.65 bits per heavy atom. The average molecular weight is 272 g/mol. The third-order valence-electron chi connectivity index (χ3n) is 5.05. The lowest BCUT2D eigenvalue weighted by molar-refractivity contribution is -0.148. The molecule has 1 aromatic carbocycles. The van der Waals surface area contributed by atoms with Crippen molar-refractivity contribution in [1.82, 2.24) is 10.2 Å². The molecule has 1 N–H and O–H groups in total. The number of carbonyl (C=O) groups excluding carboxylic acids is 1. The monoisotopic (exact) mass is 272 g/mol.